The minimum atomic E-state index is -0.526. The van der Waals surface area contributed by atoms with E-state index in [-0.39, 0.29) is 11.3 Å². The Bertz CT molecular complexity index is 1120. The molecular weight excluding hydrogens is 398 g/mol. The van der Waals surface area contributed by atoms with Gasteiger partial charge in [0.25, 0.3) is 11.6 Å². The second kappa shape index (κ2) is 9.40. The second-order valence-corrected chi connectivity index (χ2v) is 6.84. The number of nitro groups is 1. The van der Waals surface area contributed by atoms with Gasteiger partial charge in [-0.1, -0.05) is 24.3 Å². The van der Waals surface area contributed by atoms with Gasteiger partial charge in [-0.3, -0.25) is 14.9 Å². The lowest BCUT2D eigenvalue weighted by molar-refractivity contribution is -0.384. The Kier molecular flexibility index (Phi) is 6.46. The zero-order valence-corrected chi connectivity index (χ0v) is 17.0. The second-order valence-electron chi connectivity index (χ2n) is 6.84. The van der Waals surface area contributed by atoms with Crippen LogP contribution in [0.5, 0.6) is 0 Å². The van der Waals surface area contributed by atoms with Crippen molar-refractivity contribution in [2.75, 3.05) is 34.9 Å². The van der Waals surface area contributed by atoms with Crippen LogP contribution in [0.25, 0.3) is 0 Å². The molecule has 3 aromatic carbocycles. The molecule has 3 N–H and O–H groups in total. The molecule has 3 rings (SSSR count). The number of carbonyl (C=O) groups is 2. The molecule has 0 atom stereocenters. The summed E-state index contributed by atoms with van der Waals surface area (Å²) in [7, 11) is 3.38. The molecule has 0 aliphatic heterocycles. The van der Waals surface area contributed by atoms with Gasteiger partial charge in [0.2, 0.25) is 0 Å². The van der Waals surface area contributed by atoms with Crippen LogP contribution in [0.4, 0.5) is 33.2 Å². The van der Waals surface area contributed by atoms with Crippen LogP contribution < -0.4 is 20.9 Å². The maximum atomic E-state index is 12.6. The molecule has 0 aromatic heterocycles. The Morgan fingerprint density at radius 1 is 0.806 bits per heavy atom. The summed E-state index contributed by atoms with van der Waals surface area (Å²) in [5.41, 5.74) is 1.94. The highest BCUT2D eigenvalue weighted by Gasteiger charge is 2.19. The maximum Gasteiger partial charge on any atom is 0.323 e. The van der Waals surface area contributed by atoms with Gasteiger partial charge >= 0.3 is 6.03 Å². The number of rotatable bonds is 6. The lowest BCUT2D eigenvalue weighted by Crippen LogP contribution is -2.19. The monoisotopic (exact) mass is 419 g/mol. The molecule has 0 fully saturated rings. The molecule has 0 unspecified atom stereocenters. The first-order valence-electron chi connectivity index (χ1n) is 9.34. The minimum absolute atomic E-state index is 0.150. The summed E-state index contributed by atoms with van der Waals surface area (Å²) >= 11 is 0. The Hall–Kier alpha value is -4.40. The molecule has 0 aliphatic rings. The number of carbonyl (C=O) groups excluding carboxylic acids is 2. The predicted molar refractivity (Wildman–Crippen MR) is 121 cm³/mol. The quantitative estimate of drug-likeness (QED) is 0.400. The van der Waals surface area contributed by atoms with Gasteiger partial charge in [0.15, 0.2) is 0 Å². The normalized spacial score (nSPS) is 10.1. The van der Waals surface area contributed by atoms with Gasteiger partial charge in [0, 0.05) is 42.8 Å². The van der Waals surface area contributed by atoms with E-state index in [1.807, 2.05) is 6.07 Å². The molecule has 0 bridgehead atoms. The van der Waals surface area contributed by atoms with Crippen LogP contribution >= 0.6 is 0 Å². The average Bonchev–Trinajstić information content (AvgIpc) is 2.74. The Balaban J connectivity index is 1.70. The SMILES string of the molecule is CN(C)c1ccc(C(=O)Nc2cccc(NC(=O)Nc3ccccc3)c2)cc1[N+](=O)[O-]. The third-order valence-electron chi connectivity index (χ3n) is 4.33. The largest absolute Gasteiger partial charge is 0.372 e. The standard InChI is InChI=1S/C22H21N5O4/c1-26(2)19-12-11-15(13-20(19)27(30)31)21(28)23-17-9-6-10-18(14-17)25-22(29)24-16-7-4-3-5-8-16/h3-14H,1-2H3,(H,23,28)(H2,24,25,29). The van der Waals surface area contributed by atoms with E-state index in [0.29, 0.717) is 22.7 Å². The number of benzene rings is 3. The number of nitrogens with one attached hydrogen (secondary N) is 3. The highest BCUT2D eigenvalue weighted by Crippen LogP contribution is 2.28. The van der Waals surface area contributed by atoms with Crippen LogP contribution in [0.15, 0.2) is 72.8 Å². The highest BCUT2D eigenvalue weighted by molar-refractivity contribution is 6.06. The zero-order chi connectivity index (χ0) is 22.4. The number of nitrogens with zero attached hydrogens (tertiary/aromatic N) is 2. The molecule has 9 nitrogen and oxygen atoms in total. The van der Waals surface area contributed by atoms with E-state index < -0.39 is 16.9 Å². The molecule has 9 heteroatoms. The fraction of sp³-hybridized carbons (Fsp3) is 0.0909. The van der Waals surface area contributed by atoms with Gasteiger partial charge in [-0.2, -0.15) is 0 Å². The van der Waals surface area contributed by atoms with Crippen molar-refractivity contribution in [1.82, 2.24) is 0 Å². The first kappa shape index (κ1) is 21.3. The van der Waals surface area contributed by atoms with Crippen LogP contribution in [0, 0.1) is 10.1 Å². The Morgan fingerprint density at radius 2 is 1.42 bits per heavy atom. The summed E-state index contributed by atoms with van der Waals surface area (Å²) in [6.07, 6.45) is 0. The van der Waals surface area contributed by atoms with E-state index in [4.69, 9.17) is 0 Å². The van der Waals surface area contributed by atoms with Crippen LogP contribution in [0.1, 0.15) is 10.4 Å². The molecule has 3 aromatic rings. The molecule has 31 heavy (non-hydrogen) atoms. The predicted octanol–water partition coefficient (Wildman–Crippen LogP) is 4.56. The van der Waals surface area contributed by atoms with Crippen molar-refractivity contribution in [3.8, 4) is 0 Å². The van der Waals surface area contributed by atoms with Crippen LogP contribution in [0.2, 0.25) is 0 Å². The number of urea groups is 1. The summed E-state index contributed by atoms with van der Waals surface area (Å²) in [4.78, 5) is 37.2. The lowest BCUT2D eigenvalue weighted by Gasteiger charge is -2.13. The third kappa shape index (κ3) is 5.57. The van der Waals surface area contributed by atoms with E-state index in [1.165, 1.54) is 18.2 Å². The van der Waals surface area contributed by atoms with Gasteiger partial charge in [-0.15, -0.1) is 0 Å². The number of hydrogen-bond acceptors (Lipinski definition) is 5. The molecule has 0 saturated heterocycles. The van der Waals surface area contributed by atoms with Crippen LogP contribution in [-0.4, -0.2) is 31.0 Å². The number of nitro benzene ring substituents is 1. The number of hydrogen-bond donors (Lipinski definition) is 3. The van der Waals surface area contributed by atoms with Crippen molar-refractivity contribution in [2.24, 2.45) is 0 Å². The smallest absolute Gasteiger partial charge is 0.323 e. The number of amides is 3. The summed E-state index contributed by atoms with van der Waals surface area (Å²) in [5.74, 6) is -0.501. The first-order chi connectivity index (χ1) is 14.8. The van der Waals surface area contributed by atoms with Gasteiger partial charge in [0.05, 0.1) is 4.92 Å². The van der Waals surface area contributed by atoms with E-state index in [1.54, 1.807) is 67.5 Å². The van der Waals surface area contributed by atoms with Gasteiger partial charge in [0.1, 0.15) is 5.69 Å². The molecule has 0 heterocycles. The number of para-hydroxylation sites is 1. The van der Waals surface area contributed by atoms with Crippen molar-refractivity contribution in [3.05, 3.63) is 88.5 Å². The molecule has 0 saturated carbocycles. The van der Waals surface area contributed by atoms with Crippen molar-refractivity contribution < 1.29 is 14.5 Å². The maximum absolute atomic E-state index is 12.6. The molecule has 3 amide bonds. The molecule has 158 valence electrons. The highest BCUT2D eigenvalue weighted by atomic mass is 16.6. The van der Waals surface area contributed by atoms with E-state index in [9.17, 15) is 19.7 Å². The molecule has 0 spiro atoms. The lowest BCUT2D eigenvalue weighted by atomic mass is 10.1. The molecule has 0 aliphatic carbocycles. The fourth-order valence-corrected chi connectivity index (χ4v) is 2.88. The van der Waals surface area contributed by atoms with Crippen molar-refractivity contribution in [3.63, 3.8) is 0 Å². The summed E-state index contributed by atoms with van der Waals surface area (Å²) < 4.78 is 0. The zero-order valence-electron chi connectivity index (χ0n) is 17.0. The van der Waals surface area contributed by atoms with E-state index in [0.717, 1.165) is 0 Å². The van der Waals surface area contributed by atoms with Crippen molar-refractivity contribution in [1.29, 1.82) is 0 Å². The topological polar surface area (TPSA) is 117 Å². The van der Waals surface area contributed by atoms with Gasteiger partial charge < -0.3 is 20.9 Å². The van der Waals surface area contributed by atoms with Crippen molar-refractivity contribution in [2.45, 2.75) is 0 Å². The van der Waals surface area contributed by atoms with Gasteiger partial charge in [-0.05, 0) is 42.5 Å². The molecule has 0 radical (unpaired) electrons. The van der Waals surface area contributed by atoms with Crippen LogP contribution in [0.3, 0.4) is 0 Å². The third-order valence-corrected chi connectivity index (χ3v) is 4.33. The molecular formula is C22H21N5O4. The Morgan fingerprint density at radius 3 is 2.06 bits per heavy atom. The first-order valence-corrected chi connectivity index (χ1v) is 9.34. The fourth-order valence-electron chi connectivity index (χ4n) is 2.88. The van der Waals surface area contributed by atoms with E-state index >= 15 is 0 Å². The Labute approximate surface area is 178 Å². The summed E-state index contributed by atoms with van der Waals surface area (Å²) in [6.45, 7) is 0. The average molecular weight is 419 g/mol. The van der Waals surface area contributed by atoms with Gasteiger partial charge in [-0.25, -0.2) is 4.79 Å². The summed E-state index contributed by atoms with van der Waals surface area (Å²) in [6, 6.07) is 19.4. The van der Waals surface area contributed by atoms with Crippen LogP contribution in [-0.2, 0) is 0 Å². The minimum Gasteiger partial charge on any atom is -0.372 e. The number of anilines is 4. The van der Waals surface area contributed by atoms with Crippen molar-refractivity contribution >= 4 is 40.4 Å². The van der Waals surface area contributed by atoms with E-state index in [2.05, 4.69) is 16.0 Å². The summed E-state index contributed by atoms with van der Waals surface area (Å²) in [5, 5.41) is 19.4.